The van der Waals surface area contributed by atoms with Crippen molar-refractivity contribution in [2.75, 3.05) is 30.0 Å². The summed E-state index contributed by atoms with van der Waals surface area (Å²) in [4.78, 5) is 43.3. The lowest BCUT2D eigenvalue weighted by atomic mass is 10.1. The first-order valence-corrected chi connectivity index (χ1v) is 11.3. The minimum absolute atomic E-state index is 0.00902. The summed E-state index contributed by atoms with van der Waals surface area (Å²) >= 11 is 5.94. The molecule has 4 amide bonds. The van der Waals surface area contributed by atoms with Gasteiger partial charge in [0.05, 0.1) is 5.69 Å². The smallest absolute Gasteiger partial charge is 0.314 e. The van der Waals surface area contributed by atoms with Crippen molar-refractivity contribution in [3.8, 4) is 0 Å². The van der Waals surface area contributed by atoms with E-state index in [2.05, 4.69) is 5.32 Å². The highest BCUT2D eigenvalue weighted by Gasteiger charge is 2.37. The Bertz CT molecular complexity index is 1220. The molecule has 2 aliphatic rings. The van der Waals surface area contributed by atoms with Crippen LogP contribution in [0.25, 0.3) is 10.8 Å². The Hall–Kier alpha value is -3.58. The van der Waals surface area contributed by atoms with Crippen LogP contribution in [-0.2, 0) is 9.59 Å². The van der Waals surface area contributed by atoms with Crippen LogP contribution < -0.4 is 10.2 Å². The van der Waals surface area contributed by atoms with E-state index in [4.69, 9.17) is 11.6 Å². The van der Waals surface area contributed by atoms with E-state index in [0.717, 1.165) is 23.6 Å². The lowest BCUT2D eigenvalue weighted by Gasteiger charge is -2.25. The minimum atomic E-state index is -0.303. The fourth-order valence-electron chi connectivity index (χ4n) is 4.08. The monoisotopic (exact) mass is 462 g/mol. The van der Waals surface area contributed by atoms with Gasteiger partial charge in [-0.1, -0.05) is 48.0 Å². The predicted molar refractivity (Wildman–Crippen MR) is 128 cm³/mol. The van der Waals surface area contributed by atoms with Crippen LogP contribution in [0.15, 0.2) is 66.7 Å². The van der Waals surface area contributed by atoms with Gasteiger partial charge in [0.1, 0.15) is 19.8 Å². The Morgan fingerprint density at radius 3 is 2.48 bits per heavy atom. The molecule has 0 atom stereocenters. The van der Waals surface area contributed by atoms with E-state index >= 15 is 0 Å². The molecule has 1 aliphatic carbocycles. The summed E-state index contributed by atoms with van der Waals surface area (Å²) in [6.07, 6.45) is 1.73. The first-order valence-electron chi connectivity index (χ1n) is 10.9. The lowest BCUT2D eigenvalue weighted by Crippen LogP contribution is -2.45. The molecule has 0 spiro atoms. The number of nitrogens with one attached hydrogen (secondary N) is 1. The third-order valence-electron chi connectivity index (χ3n) is 6.02. The van der Waals surface area contributed by atoms with Gasteiger partial charge in [-0.2, -0.15) is 0 Å². The first kappa shape index (κ1) is 21.3. The quantitative estimate of drug-likeness (QED) is 0.613. The van der Waals surface area contributed by atoms with E-state index in [1.807, 2.05) is 42.5 Å². The first-order chi connectivity index (χ1) is 16.0. The van der Waals surface area contributed by atoms with Crippen molar-refractivity contribution in [2.45, 2.75) is 18.9 Å². The van der Waals surface area contributed by atoms with Gasteiger partial charge in [-0.05, 0) is 48.6 Å². The number of rotatable bonds is 5. The Morgan fingerprint density at radius 2 is 1.73 bits per heavy atom. The molecule has 7 nitrogen and oxygen atoms in total. The zero-order valence-corrected chi connectivity index (χ0v) is 18.7. The molecule has 3 aromatic rings. The van der Waals surface area contributed by atoms with E-state index in [1.165, 1.54) is 4.90 Å². The fourth-order valence-corrected chi connectivity index (χ4v) is 4.21. The average molecular weight is 463 g/mol. The summed E-state index contributed by atoms with van der Waals surface area (Å²) in [6.45, 7) is 0.0800. The second-order valence-corrected chi connectivity index (χ2v) is 8.78. The number of carbonyl (C=O) groups excluding carboxylic acids is 3. The van der Waals surface area contributed by atoms with Gasteiger partial charge < -0.3 is 15.1 Å². The highest BCUT2D eigenvalue weighted by atomic mass is 35.5. The fraction of sp³-hybridized carbons (Fsp3) is 0.240. The standard InChI is InChI=1S/C25H23ClN4O3/c26-18-8-10-20(11-9-18)30-16-28(14-24(30)32)23(31)15-29(19-12-13-19)25(33)27-22-7-3-5-17-4-1-2-6-21(17)22/h1-11,19H,12-16H2,(H,27,33). The Labute approximate surface area is 196 Å². The number of carbonyl (C=O) groups is 3. The van der Waals surface area contributed by atoms with Gasteiger partial charge in [0.2, 0.25) is 11.8 Å². The third-order valence-corrected chi connectivity index (χ3v) is 6.27. The molecule has 0 unspecified atom stereocenters. The maximum atomic E-state index is 13.1. The number of benzene rings is 3. The number of anilines is 2. The molecule has 1 saturated heterocycles. The second kappa shape index (κ2) is 8.75. The molecule has 1 N–H and O–H groups in total. The highest BCUT2D eigenvalue weighted by molar-refractivity contribution is 6.30. The van der Waals surface area contributed by atoms with Gasteiger partial charge in [0.25, 0.3) is 0 Å². The molecule has 0 aromatic heterocycles. The molecule has 0 bridgehead atoms. The van der Waals surface area contributed by atoms with Gasteiger partial charge in [0, 0.05) is 22.1 Å². The van der Waals surface area contributed by atoms with Crippen molar-refractivity contribution >= 4 is 51.6 Å². The Kier molecular flexibility index (Phi) is 5.64. The predicted octanol–water partition coefficient (Wildman–Crippen LogP) is 4.32. The Balaban J connectivity index is 1.27. The van der Waals surface area contributed by atoms with Gasteiger partial charge in [-0.15, -0.1) is 0 Å². The summed E-state index contributed by atoms with van der Waals surface area (Å²) in [5.41, 5.74) is 1.40. The maximum Gasteiger partial charge on any atom is 0.322 e. The number of hydrogen-bond donors (Lipinski definition) is 1. The van der Waals surface area contributed by atoms with Gasteiger partial charge >= 0.3 is 6.03 Å². The van der Waals surface area contributed by atoms with Crippen LogP contribution in [0.4, 0.5) is 16.2 Å². The molecule has 2 fully saturated rings. The average Bonchev–Trinajstić information content (AvgIpc) is 3.59. The summed E-state index contributed by atoms with van der Waals surface area (Å²) in [5.74, 6) is -0.413. The zero-order chi connectivity index (χ0) is 22.9. The topological polar surface area (TPSA) is 73.0 Å². The van der Waals surface area contributed by atoms with Crippen LogP contribution in [0, 0.1) is 0 Å². The van der Waals surface area contributed by atoms with Crippen molar-refractivity contribution in [3.63, 3.8) is 0 Å². The van der Waals surface area contributed by atoms with Crippen molar-refractivity contribution in [1.82, 2.24) is 9.80 Å². The Morgan fingerprint density at radius 1 is 1.00 bits per heavy atom. The van der Waals surface area contributed by atoms with Crippen LogP contribution in [0.5, 0.6) is 0 Å². The molecular weight excluding hydrogens is 440 g/mol. The van der Waals surface area contributed by atoms with E-state index in [-0.39, 0.29) is 43.6 Å². The number of urea groups is 1. The SMILES string of the molecule is O=C(CN(C(=O)Nc1cccc2ccccc12)C1CC1)N1CC(=O)N(c2ccc(Cl)cc2)C1. The van der Waals surface area contributed by atoms with Gasteiger partial charge in [-0.25, -0.2) is 4.79 Å². The summed E-state index contributed by atoms with van der Waals surface area (Å²) in [5, 5.41) is 5.53. The highest BCUT2D eigenvalue weighted by Crippen LogP contribution is 2.29. The number of nitrogens with zero attached hydrogens (tertiary/aromatic N) is 3. The van der Waals surface area contributed by atoms with Crippen molar-refractivity contribution in [1.29, 1.82) is 0 Å². The molecule has 1 heterocycles. The summed E-state index contributed by atoms with van der Waals surface area (Å²) in [6, 6.07) is 20.2. The van der Waals surface area contributed by atoms with Crippen LogP contribution in [0.2, 0.25) is 5.02 Å². The largest absolute Gasteiger partial charge is 0.322 e. The molecular formula is C25H23ClN4O3. The summed E-state index contributed by atoms with van der Waals surface area (Å²) < 4.78 is 0. The van der Waals surface area contributed by atoms with Crippen molar-refractivity contribution in [2.24, 2.45) is 0 Å². The van der Waals surface area contributed by atoms with Crippen LogP contribution in [0.3, 0.4) is 0 Å². The molecule has 33 heavy (non-hydrogen) atoms. The van der Waals surface area contributed by atoms with E-state index in [1.54, 1.807) is 34.1 Å². The van der Waals surface area contributed by atoms with Crippen LogP contribution >= 0.6 is 11.6 Å². The number of fused-ring (bicyclic) bond motifs is 1. The molecule has 5 rings (SSSR count). The van der Waals surface area contributed by atoms with E-state index in [0.29, 0.717) is 16.4 Å². The summed E-state index contributed by atoms with van der Waals surface area (Å²) in [7, 11) is 0. The normalized spacial score (nSPS) is 15.7. The van der Waals surface area contributed by atoms with Crippen molar-refractivity contribution in [3.05, 3.63) is 71.8 Å². The van der Waals surface area contributed by atoms with E-state index < -0.39 is 0 Å². The van der Waals surface area contributed by atoms with Gasteiger partial charge in [0.15, 0.2) is 0 Å². The van der Waals surface area contributed by atoms with Crippen molar-refractivity contribution < 1.29 is 14.4 Å². The molecule has 1 saturated carbocycles. The van der Waals surface area contributed by atoms with Crippen LogP contribution in [-0.4, -0.2) is 53.4 Å². The minimum Gasteiger partial charge on any atom is -0.314 e. The second-order valence-electron chi connectivity index (χ2n) is 8.35. The zero-order valence-electron chi connectivity index (χ0n) is 17.9. The number of amides is 4. The number of hydrogen-bond acceptors (Lipinski definition) is 3. The molecule has 168 valence electrons. The number of halogens is 1. The van der Waals surface area contributed by atoms with E-state index in [9.17, 15) is 14.4 Å². The van der Waals surface area contributed by atoms with Crippen LogP contribution in [0.1, 0.15) is 12.8 Å². The molecule has 3 aromatic carbocycles. The lowest BCUT2D eigenvalue weighted by molar-refractivity contribution is -0.132. The molecule has 8 heteroatoms. The van der Waals surface area contributed by atoms with Gasteiger partial charge in [-0.3, -0.25) is 14.5 Å². The third kappa shape index (κ3) is 4.50. The maximum absolute atomic E-state index is 13.1. The molecule has 1 aliphatic heterocycles. The molecule has 0 radical (unpaired) electrons.